The minimum Gasteiger partial charge on any atom is -0.392 e. The minimum absolute atomic E-state index is 0.0545. The SMILES string of the molecule is O=C(Nc1ccc(C23CC4CC(CC(C4)C2)C3)cc1Cl)c1cccc(Nc2ccccc2CO)c1. The number of para-hydroxylation sites is 1. The number of hydrogen-bond acceptors (Lipinski definition) is 3. The van der Waals surface area contributed by atoms with E-state index in [1.807, 2.05) is 42.5 Å². The summed E-state index contributed by atoms with van der Waals surface area (Å²) in [6.07, 6.45) is 8.13. The molecular weight excluding hydrogens is 456 g/mol. The van der Waals surface area contributed by atoms with Crippen molar-refractivity contribution in [1.29, 1.82) is 0 Å². The van der Waals surface area contributed by atoms with Gasteiger partial charge in [0.15, 0.2) is 0 Å². The highest BCUT2D eigenvalue weighted by Gasteiger charge is 2.51. The number of aliphatic hydroxyl groups excluding tert-OH is 1. The molecule has 4 nitrogen and oxygen atoms in total. The topological polar surface area (TPSA) is 61.4 Å². The van der Waals surface area contributed by atoms with Gasteiger partial charge in [-0.25, -0.2) is 0 Å². The molecule has 0 atom stereocenters. The zero-order valence-corrected chi connectivity index (χ0v) is 20.5. The molecule has 0 aliphatic heterocycles. The summed E-state index contributed by atoms with van der Waals surface area (Å²) < 4.78 is 0. The Kier molecular flexibility index (Phi) is 5.82. The lowest BCUT2D eigenvalue weighted by molar-refractivity contribution is -0.00517. The smallest absolute Gasteiger partial charge is 0.255 e. The highest BCUT2D eigenvalue weighted by molar-refractivity contribution is 6.34. The van der Waals surface area contributed by atoms with Crippen molar-refractivity contribution < 1.29 is 9.90 Å². The lowest BCUT2D eigenvalue weighted by atomic mass is 9.48. The molecule has 4 aliphatic rings. The van der Waals surface area contributed by atoms with E-state index in [0.29, 0.717) is 16.3 Å². The van der Waals surface area contributed by atoms with Gasteiger partial charge in [0.2, 0.25) is 0 Å². The van der Waals surface area contributed by atoms with Crippen molar-refractivity contribution in [2.24, 2.45) is 17.8 Å². The van der Waals surface area contributed by atoms with Crippen molar-refractivity contribution in [1.82, 2.24) is 0 Å². The van der Waals surface area contributed by atoms with Crippen LogP contribution in [-0.2, 0) is 12.0 Å². The second-order valence-electron chi connectivity index (χ2n) is 10.9. The van der Waals surface area contributed by atoms with Crippen LogP contribution in [-0.4, -0.2) is 11.0 Å². The predicted molar refractivity (Wildman–Crippen MR) is 141 cm³/mol. The van der Waals surface area contributed by atoms with E-state index in [1.165, 1.54) is 44.1 Å². The summed E-state index contributed by atoms with van der Waals surface area (Å²) >= 11 is 6.72. The van der Waals surface area contributed by atoms with E-state index in [9.17, 15) is 9.90 Å². The van der Waals surface area contributed by atoms with Gasteiger partial charge >= 0.3 is 0 Å². The summed E-state index contributed by atoms with van der Waals surface area (Å²) in [5.41, 5.74) is 5.22. The van der Waals surface area contributed by atoms with E-state index in [-0.39, 0.29) is 17.9 Å². The van der Waals surface area contributed by atoms with Crippen molar-refractivity contribution in [2.75, 3.05) is 10.6 Å². The fraction of sp³-hybridized carbons (Fsp3) is 0.367. The zero-order chi connectivity index (χ0) is 24.0. The van der Waals surface area contributed by atoms with Crippen LogP contribution in [0, 0.1) is 17.8 Å². The fourth-order valence-corrected chi connectivity index (χ4v) is 7.51. The molecule has 7 rings (SSSR count). The van der Waals surface area contributed by atoms with Gasteiger partial charge in [-0.3, -0.25) is 4.79 Å². The third-order valence-corrected chi connectivity index (χ3v) is 8.77. The van der Waals surface area contributed by atoms with Gasteiger partial charge in [-0.15, -0.1) is 0 Å². The minimum atomic E-state index is -0.200. The fourth-order valence-electron chi connectivity index (χ4n) is 7.28. The van der Waals surface area contributed by atoms with E-state index < -0.39 is 0 Å². The molecule has 3 N–H and O–H groups in total. The van der Waals surface area contributed by atoms with Crippen LogP contribution in [0.2, 0.25) is 5.02 Å². The van der Waals surface area contributed by atoms with Crippen LogP contribution in [0.1, 0.15) is 60.0 Å². The highest BCUT2D eigenvalue weighted by Crippen LogP contribution is 2.61. The van der Waals surface area contributed by atoms with Crippen LogP contribution in [0.4, 0.5) is 17.1 Å². The van der Waals surface area contributed by atoms with Gasteiger partial charge in [0.1, 0.15) is 0 Å². The molecule has 0 heterocycles. The van der Waals surface area contributed by atoms with Crippen LogP contribution in [0.25, 0.3) is 0 Å². The quantitative estimate of drug-likeness (QED) is 0.342. The average Bonchev–Trinajstić information content (AvgIpc) is 2.85. The first-order valence-electron chi connectivity index (χ1n) is 12.7. The first-order chi connectivity index (χ1) is 17.0. The molecule has 0 spiro atoms. The van der Waals surface area contributed by atoms with E-state index in [2.05, 4.69) is 22.8 Å². The molecule has 0 saturated heterocycles. The van der Waals surface area contributed by atoms with Crippen molar-refractivity contribution in [3.63, 3.8) is 0 Å². The van der Waals surface area contributed by atoms with Crippen LogP contribution in [0.5, 0.6) is 0 Å². The van der Waals surface area contributed by atoms with Crippen LogP contribution in [0.3, 0.4) is 0 Å². The largest absolute Gasteiger partial charge is 0.392 e. The van der Waals surface area contributed by atoms with E-state index in [0.717, 1.165) is 34.7 Å². The maximum absolute atomic E-state index is 13.1. The van der Waals surface area contributed by atoms with Gasteiger partial charge in [-0.1, -0.05) is 41.9 Å². The summed E-state index contributed by atoms with van der Waals surface area (Å²) in [6, 6.07) is 21.2. The van der Waals surface area contributed by atoms with Gasteiger partial charge in [-0.05, 0) is 104 Å². The number of carbonyl (C=O) groups is 1. The Morgan fingerprint density at radius 2 is 1.60 bits per heavy atom. The first-order valence-corrected chi connectivity index (χ1v) is 13.1. The lowest BCUT2D eigenvalue weighted by Gasteiger charge is -2.57. The average molecular weight is 487 g/mol. The van der Waals surface area contributed by atoms with E-state index in [1.54, 1.807) is 12.1 Å². The van der Waals surface area contributed by atoms with Crippen LogP contribution < -0.4 is 10.6 Å². The number of carbonyl (C=O) groups excluding carboxylic acids is 1. The molecule has 3 aromatic rings. The number of benzene rings is 3. The number of hydrogen-bond donors (Lipinski definition) is 3. The summed E-state index contributed by atoms with van der Waals surface area (Å²) in [5.74, 6) is 2.44. The number of halogens is 1. The maximum atomic E-state index is 13.1. The maximum Gasteiger partial charge on any atom is 0.255 e. The van der Waals surface area contributed by atoms with Crippen molar-refractivity contribution >= 4 is 34.6 Å². The van der Waals surface area contributed by atoms with Crippen LogP contribution in [0.15, 0.2) is 66.7 Å². The normalized spacial score (nSPS) is 26.5. The van der Waals surface area contributed by atoms with Gasteiger partial charge < -0.3 is 15.7 Å². The molecule has 4 fully saturated rings. The molecule has 4 saturated carbocycles. The third-order valence-electron chi connectivity index (χ3n) is 8.46. The predicted octanol–water partition coefficient (Wildman–Crippen LogP) is 7.30. The number of amides is 1. The number of aliphatic hydroxyl groups is 1. The van der Waals surface area contributed by atoms with Gasteiger partial charge in [-0.2, -0.15) is 0 Å². The van der Waals surface area contributed by atoms with E-state index >= 15 is 0 Å². The molecule has 0 aromatic heterocycles. The molecule has 4 bridgehead atoms. The Hall–Kier alpha value is -2.82. The zero-order valence-electron chi connectivity index (χ0n) is 19.8. The van der Waals surface area contributed by atoms with Gasteiger partial charge in [0.25, 0.3) is 5.91 Å². The standard InChI is InChI=1S/C30H31ClN2O2/c31-26-14-24(30-15-19-10-20(16-30)12-21(11-19)17-30)8-9-28(26)33-29(35)22-5-3-6-25(13-22)32-27-7-2-1-4-23(27)18-34/h1-9,13-14,19-21,32,34H,10-12,15-18H2,(H,33,35). The molecule has 1 amide bonds. The van der Waals surface area contributed by atoms with Crippen molar-refractivity contribution in [3.8, 4) is 0 Å². The number of nitrogens with one attached hydrogen (secondary N) is 2. The number of anilines is 3. The second kappa shape index (κ2) is 9.00. The Morgan fingerprint density at radius 3 is 2.29 bits per heavy atom. The Morgan fingerprint density at radius 1 is 0.886 bits per heavy atom. The molecule has 5 heteroatoms. The molecular formula is C30H31ClN2O2. The van der Waals surface area contributed by atoms with E-state index in [4.69, 9.17) is 11.6 Å². The Balaban J connectivity index is 1.18. The molecule has 3 aromatic carbocycles. The summed E-state index contributed by atoms with van der Waals surface area (Å²) in [7, 11) is 0. The molecule has 35 heavy (non-hydrogen) atoms. The van der Waals surface area contributed by atoms with Crippen molar-refractivity contribution in [2.45, 2.75) is 50.5 Å². The monoisotopic (exact) mass is 486 g/mol. The second-order valence-corrected chi connectivity index (χ2v) is 11.3. The Bertz CT molecular complexity index is 1240. The summed E-state index contributed by atoms with van der Waals surface area (Å²) in [5, 5.41) is 16.5. The third kappa shape index (κ3) is 4.34. The van der Waals surface area contributed by atoms with Gasteiger partial charge in [0.05, 0.1) is 17.3 Å². The summed E-state index contributed by atoms with van der Waals surface area (Å²) in [6.45, 7) is -0.0545. The first kappa shape index (κ1) is 22.6. The van der Waals surface area contributed by atoms with Crippen LogP contribution >= 0.6 is 11.6 Å². The molecule has 0 radical (unpaired) electrons. The lowest BCUT2D eigenvalue weighted by Crippen LogP contribution is -2.48. The van der Waals surface area contributed by atoms with Crippen molar-refractivity contribution in [3.05, 3.63) is 88.4 Å². The van der Waals surface area contributed by atoms with Gasteiger partial charge in [0, 0.05) is 22.5 Å². The molecule has 4 aliphatic carbocycles. The molecule has 0 unspecified atom stereocenters. The highest BCUT2D eigenvalue weighted by atomic mass is 35.5. The number of rotatable bonds is 6. The Labute approximate surface area is 211 Å². The molecule has 180 valence electrons. The summed E-state index contributed by atoms with van der Waals surface area (Å²) in [4.78, 5) is 13.1.